The van der Waals surface area contributed by atoms with E-state index in [0.717, 1.165) is 37.9 Å². The maximum absolute atomic E-state index is 13.1. The number of carbonyl (C=O) groups is 3. The number of unbranched alkanes of at least 4 members (excludes halogenated alkanes) is 1. The minimum Gasteiger partial charge on any atom is -0.368 e. The summed E-state index contributed by atoms with van der Waals surface area (Å²) in [6.45, 7) is 7.18. The number of hydrogen-bond acceptors (Lipinski definition) is 6. The van der Waals surface area contributed by atoms with Crippen molar-refractivity contribution in [2.75, 3.05) is 37.6 Å². The Bertz CT molecular complexity index is 894. The minimum absolute atomic E-state index is 0.135. The highest BCUT2D eigenvalue weighted by molar-refractivity contribution is 8.02. The molecule has 2 saturated heterocycles. The number of urea groups is 1. The number of nitrogens with one attached hydrogen (secondary N) is 2. The number of piperazine rings is 1. The quantitative estimate of drug-likeness (QED) is 0.695. The second-order valence-corrected chi connectivity index (χ2v) is 8.58. The van der Waals surface area contributed by atoms with Crippen LogP contribution < -0.4 is 14.9 Å². The first-order valence-electron chi connectivity index (χ1n) is 10.4. The summed E-state index contributed by atoms with van der Waals surface area (Å²) in [7, 11) is 0. The molecule has 0 spiro atoms. The molecule has 2 N–H and O–H groups in total. The molecule has 1 unspecified atom stereocenters. The molecule has 1 atom stereocenters. The fraction of sp³-hybridized carbons (Fsp3) is 0.476. The molecule has 4 rings (SSSR count). The summed E-state index contributed by atoms with van der Waals surface area (Å²) in [5, 5.41) is 2.78. The van der Waals surface area contributed by atoms with E-state index in [1.807, 2.05) is 19.1 Å². The number of carbonyl (C=O) groups excluding carboxylic acids is 3. The van der Waals surface area contributed by atoms with Crippen molar-refractivity contribution in [2.24, 2.45) is 0 Å². The second kappa shape index (κ2) is 8.69. The van der Waals surface area contributed by atoms with E-state index < -0.39 is 12.1 Å². The van der Waals surface area contributed by atoms with Crippen LogP contribution in [0.15, 0.2) is 34.9 Å². The van der Waals surface area contributed by atoms with Crippen LogP contribution >= 0.6 is 11.9 Å². The third-order valence-electron chi connectivity index (χ3n) is 5.76. The lowest BCUT2D eigenvalue weighted by Crippen LogP contribution is -2.58. The van der Waals surface area contributed by atoms with Crippen LogP contribution in [0.5, 0.6) is 0 Å². The second-order valence-electron chi connectivity index (χ2n) is 7.74. The highest BCUT2D eigenvalue weighted by Crippen LogP contribution is 2.32. The van der Waals surface area contributed by atoms with E-state index in [4.69, 9.17) is 0 Å². The van der Waals surface area contributed by atoms with E-state index in [9.17, 15) is 14.4 Å². The van der Waals surface area contributed by atoms with Crippen molar-refractivity contribution < 1.29 is 14.4 Å². The molecule has 8 nitrogen and oxygen atoms in total. The predicted molar refractivity (Wildman–Crippen MR) is 117 cm³/mol. The van der Waals surface area contributed by atoms with Gasteiger partial charge in [-0.05, 0) is 36.9 Å². The number of para-hydroxylation sites is 1. The number of nitrogens with zero attached hydrogens (tertiary/aromatic N) is 3. The smallest absolute Gasteiger partial charge is 0.328 e. The topological polar surface area (TPSA) is 85.0 Å². The minimum atomic E-state index is -0.670. The van der Waals surface area contributed by atoms with Gasteiger partial charge < -0.3 is 15.1 Å². The van der Waals surface area contributed by atoms with Gasteiger partial charge in [-0.15, -0.1) is 0 Å². The van der Waals surface area contributed by atoms with Crippen LogP contribution in [0.2, 0.25) is 0 Å². The Morgan fingerprint density at radius 1 is 1.17 bits per heavy atom. The van der Waals surface area contributed by atoms with Crippen LogP contribution in [0.25, 0.3) is 0 Å². The van der Waals surface area contributed by atoms with Gasteiger partial charge in [0.25, 0.3) is 11.8 Å². The van der Waals surface area contributed by atoms with E-state index in [1.165, 1.54) is 16.2 Å². The zero-order valence-corrected chi connectivity index (χ0v) is 18.1. The number of benzene rings is 1. The number of aryl methyl sites for hydroxylation is 1. The molecule has 2 fully saturated rings. The maximum Gasteiger partial charge on any atom is 0.328 e. The number of hydrogen-bond donors (Lipinski definition) is 2. The molecule has 3 aliphatic rings. The van der Waals surface area contributed by atoms with Gasteiger partial charge in [0.1, 0.15) is 10.9 Å². The molecular formula is C21H27N5O3S. The number of imide groups is 1. The average Bonchev–Trinajstić information content (AvgIpc) is 3.17. The molecule has 0 aliphatic carbocycles. The first-order chi connectivity index (χ1) is 14.5. The van der Waals surface area contributed by atoms with Gasteiger partial charge in [0.2, 0.25) is 0 Å². The third-order valence-corrected chi connectivity index (χ3v) is 6.72. The van der Waals surface area contributed by atoms with Crippen molar-refractivity contribution in [3.63, 3.8) is 0 Å². The SMILES string of the molecule is CCCCN1C(=O)NC2=C(C(=O)N3CCN(c4ccccc4C)CC3)SNC2C1=O. The van der Waals surface area contributed by atoms with Crippen LogP contribution in [0.1, 0.15) is 25.3 Å². The third kappa shape index (κ3) is 3.79. The van der Waals surface area contributed by atoms with Crippen molar-refractivity contribution in [2.45, 2.75) is 32.7 Å². The summed E-state index contributed by atoms with van der Waals surface area (Å²) < 4.78 is 3.03. The van der Waals surface area contributed by atoms with Crippen molar-refractivity contribution in [3.05, 3.63) is 40.4 Å². The molecule has 4 amide bonds. The van der Waals surface area contributed by atoms with Gasteiger partial charge in [-0.2, -0.15) is 0 Å². The first-order valence-corrected chi connectivity index (χ1v) is 11.2. The largest absolute Gasteiger partial charge is 0.368 e. The van der Waals surface area contributed by atoms with Crippen molar-refractivity contribution in [1.82, 2.24) is 19.8 Å². The molecule has 0 radical (unpaired) electrons. The molecule has 3 heterocycles. The molecule has 0 bridgehead atoms. The van der Waals surface area contributed by atoms with Crippen LogP contribution in [0.4, 0.5) is 10.5 Å². The summed E-state index contributed by atoms with van der Waals surface area (Å²) in [5.41, 5.74) is 2.81. The van der Waals surface area contributed by atoms with Crippen LogP contribution in [0, 0.1) is 6.92 Å². The lowest BCUT2D eigenvalue weighted by atomic mass is 10.1. The van der Waals surface area contributed by atoms with Gasteiger partial charge in [-0.3, -0.25) is 14.5 Å². The van der Waals surface area contributed by atoms with E-state index >= 15 is 0 Å². The van der Waals surface area contributed by atoms with Crippen LogP contribution in [0.3, 0.4) is 0 Å². The maximum atomic E-state index is 13.1. The van der Waals surface area contributed by atoms with Crippen LogP contribution in [-0.4, -0.2) is 66.4 Å². The lowest BCUT2D eigenvalue weighted by Gasteiger charge is -2.37. The molecule has 30 heavy (non-hydrogen) atoms. The fourth-order valence-electron chi connectivity index (χ4n) is 4.00. The molecule has 0 saturated carbocycles. The molecule has 9 heteroatoms. The number of amides is 4. The summed E-state index contributed by atoms with van der Waals surface area (Å²) >= 11 is 1.14. The molecule has 160 valence electrons. The van der Waals surface area contributed by atoms with Crippen LogP contribution in [-0.2, 0) is 9.59 Å². The molecule has 1 aromatic rings. The van der Waals surface area contributed by atoms with Gasteiger partial charge in [0.15, 0.2) is 0 Å². The Hall–Kier alpha value is -2.52. The van der Waals surface area contributed by atoms with Gasteiger partial charge in [-0.1, -0.05) is 31.5 Å². The van der Waals surface area contributed by atoms with Gasteiger partial charge >= 0.3 is 6.03 Å². The summed E-state index contributed by atoms with van der Waals surface area (Å²) in [6.07, 6.45) is 1.65. The highest BCUT2D eigenvalue weighted by Gasteiger charge is 2.44. The summed E-state index contributed by atoms with van der Waals surface area (Å²) in [5.74, 6) is -0.425. The Labute approximate surface area is 180 Å². The van der Waals surface area contributed by atoms with E-state index in [1.54, 1.807) is 4.90 Å². The molecule has 0 aromatic heterocycles. The Balaban J connectivity index is 1.44. The number of anilines is 1. The number of fused-ring (bicyclic) bond motifs is 1. The van der Waals surface area contributed by atoms with Crippen molar-refractivity contribution in [1.29, 1.82) is 0 Å². The molecule has 3 aliphatic heterocycles. The predicted octanol–water partition coefficient (Wildman–Crippen LogP) is 1.83. The van der Waals surface area contributed by atoms with Gasteiger partial charge in [-0.25, -0.2) is 9.52 Å². The highest BCUT2D eigenvalue weighted by atomic mass is 32.2. The zero-order valence-electron chi connectivity index (χ0n) is 17.3. The van der Waals surface area contributed by atoms with E-state index in [0.29, 0.717) is 30.2 Å². The van der Waals surface area contributed by atoms with Gasteiger partial charge in [0, 0.05) is 38.4 Å². The Morgan fingerprint density at radius 3 is 2.60 bits per heavy atom. The normalized spacial score (nSPS) is 21.8. The molecular weight excluding hydrogens is 402 g/mol. The van der Waals surface area contributed by atoms with Gasteiger partial charge in [0.05, 0.1) is 5.70 Å². The Morgan fingerprint density at radius 2 is 1.90 bits per heavy atom. The first kappa shape index (κ1) is 20.7. The van der Waals surface area contributed by atoms with Crippen molar-refractivity contribution >= 4 is 35.5 Å². The van der Waals surface area contributed by atoms with E-state index in [2.05, 4.69) is 34.0 Å². The monoisotopic (exact) mass is 429 g/mol. The number of rotatable bonds is 5. The standard InChI is InChI=1S/C21H27N5O3S/c1-3-4-9-26-19(27)17-16(22-21(26)29)18(30-23-17)20(28)25-12-10-24(11-13-25)15-8-6-5-7-14(15)2/h5-8,17,23H,3-4,9-13H2,1-2H3,(H,22,29). The Kier molecular flexibility index (Phi) is 6.01. The summed E-state index contributed by atoms with van der Waals surface area (Å²) in [4.78, 5) is 44.0. The lowest BCUT2D eigenvalue weighted by molar-refractivity contribution is -0.130. The van der Waals surface area contributed by atoms with Crippen molar-refractivity contribution in [3.8, 4) is 0 Å². The summed E-state index contributed by atoms with van der Waals surface area (Å²) in [6, 6.07) is 7.13. The fourth-order valence-corrected chi connectivity index (χ4v) is 4.95. The molecule has 1 aromatic carbocycles. The zero-order chi connectivity index (χ0) is 21.3. The average molecular weight is 430 g/mol. The van der Waals surface area contributed by atoms with E-state index in [-0.39, 0.29) is 11.8 Å².